The van der Waals surface area contributed by atoms with Crippen LogP contribution in [0.2, 0.25) is 0 Å². The fourth-order valence-corrected chi connectivity index (χ4v) is 2.93. The Kier molecular flexibility index (Phi) is 5.08. The number of hydrogen-bond donors (Lipinski definition) is 2. The van der Waals surface area contributed by atoms with Gasteiger partial charge in [-0.05, 0) is 11.6 Å². The molecule has 8 heteroatoms. The fraction of sp³-hybridized carbons (Fsp3) is 0.0952. The summed E-state index contributed by atoms with van der Waals surface area (Å²) in [6, 6.07) is 17.3. The molecular formula is C21H18N6O2. The first-order valence-electron chi connectivity index (χ1n) is 8.97. The van der Waals surface area contributed by atoms with E-state index in [9.17, 15) is 4.79 Å². The first-order chi connectivity index (χ1) is 14.1. The first kappa shape index (κ1) is 18.5. The molecule has 0 atom stereocenters. The Morgan fingerprint density at radius 2 is 1.79 bits per heavy atom. The first-order valence-corrected chi connectivity index (χ1v) is 8.97. The molecule has 2 aromatic heterocycles. The van der Waals surface area contributed by atoms with Gasteiger partial charge in [-0.3, -0.25) is 9.78 Å². The van der Waals surface area contributed by atoms with Gasteiger partial charge >= 0.3 is 0 Å². The highest BCUT2D eigenvalue weighted by molar-refractivity contribution is 5.92. The van der Waals surface area contributed by atoms with Gasteiger partial charge in [0.05, 0.1) is 24.0 Å². The number of carbonyl (C=O) groups is 1. The predicted molar refractivity (Wildman–Crippen MR) is 106 cm³/mol. The van der Waals surface area contributed by atoms with E-state index < -0.39 is 5.91 Å². The van der Waals surface area contributed by atoms with Crippen molar-refractivity contribution >= 4 is 5.91 Å². The van der Waals surface area contributed by atoms with Crippen LogP contribution >= 0.6 is 0 Å². The molecule has 0 bridgehead atoms. The molecule has 0 spiro atoms. The van der Waals surface area contributed by atoms with E-state index in [0.29, 0.717) is 29.5 Å². The van der Waals surface area contributed by atoms with Gasteiger partial charge in [0.1, 0.15) is 0 Å². The van der Waals surface area contributed by atoms with Crippen molar-refractivity contribution in [2.24, 2.45) is 11.5 Å². The molecule has 144 valence electrons. The number of carbonyl (C=O) groups excluding carboxylic acids is 1. The zero-order valence-corrected chi connectivity index (χ0v) is 15.4. The van der Waals surface area contributed by atoms with Crippen molar-refractivity contribution in [2.75, 3.05) is 0 Å². The average Bonchev–Trinajstić information content (AvgIpc) is 3.22. The monoisotopic (exact) mass is 386 g/mol. The van der Waals surface area contributed by atoms with Crippen molar-refractivity contribution in [1.82, 2.24) is 20.1 Å². The van der Waals surface area contributed by atoms with Crippen molar-refractivity contribution in [3.05, 3.63) is 83.6 Å². The van der Waals surface area contributed by atoms with Crippen molar-refractivity contribution in [2.45, 2.75) is 13.0 Å². The molecule has 4 N–H and O–H groups in total. The van der Waals surface area contributed by atoms with Crippen LogP contribution in [0.1, 0.15) is 27.6 Å². The predicted octanol–water partition coefficient (Wildman–Crippen LogP) is 2.34. The maximum atomic E-state index is 11.6. The molecule has 0 unspecified atom stereocenters. The van der Waals surface area contributed by atoms with Crippen LogP contribution < -0.4 is 11.5 Å². The maximum absolute atomic E-state index is 11.6. The highest BCUT2D eigenvalue weighted by atomic mass is 16.5. The van der Waals surface area contributed by atoms with Crippen molar-refractivity contribution in [3.63, 3.8) is 0 Å². The lowest BCUT2D eigenvalue weighted by atomic mass is 10.1. The van der Waals surface area contributed by atoms with E-state index in [1.807, 2.05) is 54.6 Å². The standard InChI is InChI=1S/C21H18N6O2/c22-11-16-19(20(23)28)25-17(12-24-16)14-7-4-8-15(10-14)21-26-18(29-27-21)9-13-5-2-1-3-6-13/h1-8,10,12H,9,11,22H2,(H2,23,28). The third kappa shape index (κ3) is 4.02. The summed E-state index contributed by atoms with van der Waals surface area (Å²) in [5.74, 6) is 0.332. The summed E-state index contributed by atoms with van der Waals surface area (Å²) in [5.41, 5.74) is 14.5. The lowest BCUT2D eigenvalue weighted by Gasteiger charge is -2.07. The molecule has 0 aliphatic rings. The highest BCUT2D eigenvalue weighted by Crippen LogP contribution is 2.24. The average molecular weight is 386 g/mol. The molecule has 4 aromatic rings. The summed E-state index contributed by atoms with van der Waals surface area (Å²) < 4.78 is 5.39. The van der Waals surface area contributed by atoms with E-state index >= 15 is 0 Å². The molecule has 0 aliphatic carbocycles. The second kappa shape index (κ2) is 7.99. The van der Waals surface area contributed by atoms with Gasteiger partial charge in [-0.2, -0.15) is 4.98 Å². The third-order valence-corrected chi connectivity index (χ3v) is 4.36. The second-order valence-corrected chi connectivity index (χ2v) is 6.37. The second-order valence-electron chi connectivity index (χ2n) is 6.37. The molecule has 2 heterocycles. The zero-order chi connectivity index (χ0) is 20.2. The van der Waals surface area contributed by atoms with Gasteiger partial charge in [0.25, 0.3) is 5.91 Å². The number of nitrogens with two attached hydrogens (primary N) is 2. The number of nitrogens with zero attached hydrogens (tertiary/aromatic N) is 4. The summed E-state index contributed by atoms with van der Waals surface area (Å²) in [6.07, 6.45) is 2.12. The van der Waals surface area contributed by atoms with Crippen molar-refractivity contribution in [3.8, 4) is 22.6 Å². The van der Waals surface area contributed by atoms with Crippen LogP contribution in [0.25, 0.3) is 22.6 Å². The van der Waals surface area contributed by atoms with Crippen LogP contribution in [-0.2, 0) is 13.0 Å². The Labute approximate surface area is 166 Å². The van der Waals surface area contributed by atoms with Crippen LogP contribution in [0.4, 0.5) is 0 Å². The summed E-state index contributed by atoms with van der Waals surface area (Å²) in [6.45, 7) is 0.0820. The van der Waals surface area contributed by atoms with E-state index in [1.54, 1.807) is 6.20 Å². The Morgan fingerprint density at radius 1 is 1.00 bits per heavy atom. The summed E-state index contributed by atoms with van der Waals surface area (Å²) in [5, 5.41) is 4.08. The number of primary amides is 1. The van der Waals surface area contributed by atoms with E-state index in [2.05, 4.69) is 20.1 Å². The number of amides is 1. The van der Waals surface area contributed by atoms with Gasteiger partial charge in [-0.15, -0.1) is 0 Å². The third-order valence-electron chi connectivity index (χ3n) is 4.36. The van der Waals surface area contributed by atoms with Gasteiger partial charge in [0, 0.05) is 17.7 Å². The van der Waals surface area contributed by atoms with Gasteiger partial charge in [-0.1, -0.05) is 53.7 Å². The van der Waals surface area contributed by atoms with Crippen LogP contribution in [0.5, 0.6) is 0 Å². The molecule has 0 radical (unpaired) electrons. The van der Waals surface area contributed by atoms with Gasteiger partial charge in [-0.25, -0.2) is 4.98 Å². The fourth-order valence-electron chi connectivity index (χ4n) is 2.93. The van der Waals surface area contributed by atoms with Gasteiger partial charge in [0.15, 0.2) is 5.69 Å². The SMILES string of the molecule is NCc1ncc(-c2cccc(-c3noc(Cc4ccccc4)n3)c2)nc1C(N)=O. The highest BCUT2D eigenvalue weighted by Gasteiger charge is 2.14. The lowest BCUT2D eigenvalue weighted by Crippen LogP contribution is -2.19. The molecule has 4 rings (SSSR count). The molecule has 0 saturated carbocycles. The number of hydrogen-bond acceptors (Lipinski definition) is 7. The normalized spacial score (nSPS) is 10.8. The van der Waals surface area contributed by atoms with Crippen LogP contribution in [0.15, 0.2) is 65.3 Å². The quantitative estimate of drug-likeness (QED) is 0.519. The summed E-state index contributed by atoms with van der Waals surface area (Å²) in [4.78, 5) is 24.7. The van der Waals surface area contributed by atoms with Crippen molar-refractivity contribution in [1.29, 1.82) is 0 Å². The smallest absolute Gasteiger partial charge is 0.269 e. The maximum Gasteiger partial charge on any atom is 0.269 e. The van der Waals surface area contributed by atoms with Crippen LogP contribution in [0, 0.1) is 0 Å². The number of benzene rings is 2. The Bertz CT molecular complexity index is 1160. The Balaban J connectivity index is 1.63. The van der Waals surface area contributed by atoms with E-state index in [4.69, 9.17) is 16.0 Å². The molecular weight excluding hydrogens is 368 g/mol. The molecule has 29 heavy (non-hydrogen) atoms. The van der Waals surface area contributed by atoms with E-state index in [-0.39, 0.29) is 12.2 Å². The minimum Gasteiger partial charge on any atom is -0.364 e. The van der Waals surface area contributed by atoms with E-state index in [0.717, 1.165) is 16.7 Å². The number of rotatable bonds is 6. The topological polar surface area (TPSA) is 134 Å². The largest absolute Gasteiger partial charge is 0.364 e. The molecule has 0 fully saturated rings. The van der Waals surface area contributed by atoms with Gasteiger partial charge in [0.2, 0.25) is 11.7 Å². The minimum absolute atomic E-state index is 0.0695. The summed E-state index contributed by atoms with van der Waals surface area (Å²) >= 11 is 0. The van der Waals surface area contributed by atoms with Gasteiger partial charge < -0.3 is 16.0 Å². The van der Waals surface area contributed by atoms with E-state index in [1.165, 1.54) is 0 Å². The summed E-state index contributed by atoms with van der Waals surface area (Å²) in [7, 11) is 0. The Hall–Kier alpha value is -3.91. The molecule has 2 aromatic carbocycles. The van der Waals surface area contributed by atoms with Crippen LogP contribution in [-0.4, -0.2) is 26.0 Å². The van der Waals surface area contributed by atoms with Crippen LogP contribution in [0.3, 0.4) is 0 Å². The minimum atomic E-state index is -0.667. The molecule has 1 amide bonds. The Morgan fingerprint density at radius 3 is 2.55 bits per heavy atom. The lowest BCUT2D eigenvalue weighted by molar-refractivity contribution is 0.0994. The molecule has 0 aliphatic heterocycles. The zero-order valence-electron chi connectivity index (χ0n) is 15.4. The molecule has 0 saturated heterocycles. The molecule has 8 nitrogen and oxygen atoms in total. The number of aromatic nitrogens is 4. The van der Waals surface area contributed by atoms with Crippen molar-refractivity contribution < 1.29 is 9.32 Å².